The van der Waals surface area contributed by atoms with Gasteiger partial charge in [-0.2, -0.15) is 0 Å². The lowest BCUT2D eigenvalue weighted by Crippen LogP contribution is -2.37. The highest BCUT2D eigenvalue weighted by molar-refractivity contribution is 6.09. The molecule has 2 heterocycles. The number of epoxide rings is 1. The molecule has 1 fully saturated rings. The van der Waals surface area contributed by atoms with E-state index in [1.54, 1.807) is 0 Å². The lowest BCUT2D eigenvalue weighted by atomic mass is 9.94. The number of hydrogen-bond acceptors (Lipinski definition) is 4. The molecule has 1 saturated heterocycles. The van der Waals surface area contributed by atoms with Gasteiger partial charge in [0.2, 0.25) is 0 Å². The van der Waals surface area contributed by atoms with E-state index in [1.165, 1.54) is 0 Å². The van der Waals surface area contributed by atoms with Crippen molar-refractivity contribution < 1.29 is 9.53 Å². The topological polar surface area (TPSA) is 57.8 Å². The van der Waals surface area contributed by atoms with Crippen molar-refractivity contribution in [2.75, 3.05) is 14.1 Å². The highest BCUT2D eigenvalue weighted by Crippen LogP contribution is 2.36. The van der Waals surface area contributed by atoms with E-state index in [9.17, 15) is 4.79 Å². The van der Waals surface area contributed by atoms with Crippen LogP contribution >= 0.6 is 0 Å². The smallest absolute Gasteiger partial charge is 0.252 e. The minimum atomic E-state index is -0.123. The minimum Gasteiger partial charge on any atom is -0.360 e. The molecule has 162 valence electrons. The molecule has 5 nitrogen and oxygen atoms in total. The summed E-state index contributed by atoms with van der Waals surface area (Å²) in [6.45, 7) is 2.63. The lowest BCUT2D eigenvalue weighted by molar-refractivity contribution is 0.0944. The third-order valence-corrected chi connectivity index (χ3v) is 6.03. The molecule has 32 heavy (non-hydrogen) atoms. The average molecular weight is 426 g/mol. The number of aromatic nitrogens is 1. The van der Waals surface area contributed by atoms with Gasteiger partial charge in [0, 0.05) is 23.1 Å². The van der Waals surface area contributed by atoms with E-state index < -0.39 is 0 Å². The summed E-state index contributed by atoms with van der Waals surface area (Å²) < 4.78 is 5.70. The normalized spacial score (nSPS) is 20.1. The van der Waals surface area contributed by atoms with Crippen molar-refractivity contribution in [3.63, 3.8) is 0 Å². The molecule has 1 aliphatic carbocycles. The van der Waals surface area contributed by atoms with Crippen LogP contribution in [-0.2, 0) is 11.3 Å². The van der Waals surface area contributed by atoms with Crippen LogP contribution in [0.25, 0.3) is 22.2 Å². The number of fused-ring (bicyclic) bond motifs is 2. The Labute approximate surface area is 188 Å². The van der Waals surface area contributed by atoms with Crippen LogP contribution in [-0.4, -0.2) is 48.1 Å². The SMILES string of the molecule is CC(NC(=O)c1c(CN(C)C)c(-c2ccccc2)nc2ccccc12)C1=CC=CC2OC12. The quantitative estimate of drug-likeness (QED) is 0.597. The average Bonchev–Trinajstić information content (AvgIpc) is 3.58. The van der Waals surface area contributed by atoms with Crippen LogP contribution < -0.4 is 5.32 Å². The van der Waals surface area contributed by atoms with Crippen molar-refractivity contribution in [3.05, 3.63) is 89.5 Å². The van der Waals surface area contributed by atoms with Gasteiger partial charge in [-0.15, -0.1) is 0 Å². The number of amides is 1. The predicted octanol–water partition coefficient (Wildman–Crippen LogP) is 4.35. The number of ether oxygens (including phenoxy) is 1. The van der Waals surface area contributed by atoms with Gasteiger partial charge in [-0.25, -0.2) is 4.98 Å². The summed E-state index contributed by atoms with van der Waals surface area (Å²) in [4.78, 5) is 20.8. The molecule has 2 aromatic carbocycles. The fraction of sp³-hybridized carbons (Fsp3) is 0.259. The Kier molecular flexibility index (Phi) is 5.37. The van der Waals surface area contributed by atoms with Gasteiger partial charge in [0.15, 0.2) is 0 Å². The molecule has 0 spiro atoms. The van der Waals surface area contributed by atoms with Crippen molar-refractivity contribution in [3.8, 4) is 11.3 Å². The first kappa shape index (κ1) is 20.6. The Hall–Kier alpha value is -3.28. The number of para-hydroxylation sites is 1. The molecule has 5 rings (SSSR count). The summed E-state index contributed by atoms with van der Waals surface area (Å²) in [6, 6.07) is 17.8. The zero-order valence-corrected chi connectivity index (χ0v) is 18.6. The van der Waals surface area contributed by atoms with Crippen LogP contribution in [0.4, 0.5) is 0 Å². The molecule has 1 amide bonds. The monoisotopic (exact) mass is 425 g/mol. The molecule has 0 saturated carbocycles. The molecular weight excluding hydrogens is 398 g/mol. The van der Waals surface area contributed by atoms with E-state index in [4.69, 9.17) is 9.72 Å². The summed E-state index contributed by atoms with van der Waals surface area (Å²) in [5.74, 6) is -0.0854. The highest BCUT2D eigenvalue weighted by atomic mass is 16.6. The van der Waals surface area contributed by atoms with Crippen LogP contribution in [0.3, 0.4) is 0 Å². The number of hydrogen-bond donors (Lipinski definition) is 1. The van der Waals surface area contributed by atoms with E-state index in [0.717, 1.165) is 33.3 Å². The van der Waals surface area contributed by atoms with E-state index in [-0.39, 0.29) is 24.2 Å². The molecule has 2 aliphatic rings. The number of rotatable bonds is 6. The van der Waals surface area contributed by atoms with E-state index in [2.05, 4.69) is 22.4 Å². The third kappa shape index (κ3) is 3.85. The van der Waals surface area contributed by atoms with Crippen molar-refractivity contribution in [2.24, 2.45) is 0 Å². The first-order valence-electron chi connectivity index (χ1n) is 11.0. The van der Waals surface area contributed by atoms with Crippen molar-refractivity contribution in [2.45, 2.75) is 31.7 Å². The molecule has 1 aliphatic heterocycles. The molecule has 3 unspecified atom stereocenters. The number of carbonyl (C=O) groups is 1. The number of nitrogens with one attached hydrogen (secondary N) is 1. The number of carbonyl (C=O) groups excluding carboxylic acids is 1. The van der Waals surface area contributed by atoms with Crippen molar-refractivity contribution in [1.82, 2.24) is 15.2 Å². The van der Waals surface area contributed by atoms with Gasteiger partial charge in [-0.05, 0) is 32.7 Å². The summed E-state index contributed by atoms with van der Waals surface area (Å²) in [7, 11) is 4.02. The minimum absolute atomic E-state index is 0.0854. The van der Waals surface area contributed by atoms with Crippen molar-refractivity contribution >= 4 is 16.8 Å². The van der Waals surface area contributed by atoms with Crippen LogP contribution in [0.1, 0.15) is 22.8 Å². The molecule has 1 aromatic heterocycles. The summed E-state index contributed by atoms with van der Waals surface area (Å²) >= 11 is 0. The number of pyridine rings is 1. The first-order valence-corrected chi connectivity index (χ1v) is 11.0. The molecule has 3 aromatic rings. The van der Waals surface area contributed by atoms with Gasteiger partial charge in [-0.1, -0.05) is 66.8 Å². The third-order valence-electron chi connectivity index (χ3n) is 6.03. The number of allylic oxidation sites excluding steroid dienone is 2. The van der Waals surface area contributed by atoms with E-state index >= 15 is 0 Å². The van der Waals surface area contributed by atoms with Gasteiger partial charge >= 0.3 is 0 Å². The summed E-state index contributed by atoms with van der Waals surface area (Å²) in [5.41, 5.74) is 5.41. The highest BCUT2D eigenvalue weighted by Gasteiger charge is 2.43. The fourth-order valence-corrected chi connectivity index (χ4v) is 4.47. The number of benzene rings is 2. The van der Waals surface area contributed by atoms with Crippen LogP contribution in [0.2, 0.25) is 0 Å². The first-order chi connectivity index (χ1) is 15.5. The van der Waals surface area contributed by atoms with Crippen LogP contribution in [0.5, 0.6) is 0 Å². The van der Waals surface area contributed by atoms with Gasteiger partial charge < -0.3 is 15.0 Å². The van der Waals surface area contributed by atoms with Gasteiger partial charge in [-0.3, -0.25) is 4.79 Å². The number of nitrogens with zero attached hydrogens (tertiary/aromatic N) is 2. The standard InChI is InChI=1S/C27H27N3O2/c1-17(19-13-9-15-23-26(19)32-23)28-27(31)24-20-12-7-8-14-22(20)29-25(21(24)16-30(2)3)18-10-5-4-6-11-18/h4-15,17,23,26H,16H2,1-3H3,(H,28,31). The zero-order chi connectivity index (χ0) is 22.2. The van der Waals surface area contributed by atoms with Gasteiger partial charge in [0.1, 0.15) is 12.2 Å². The maximum atomic E-state index is 13.8. The van der Waals surface area contributed by atoms with Crippen molar-refractivity contribution in [1.29, 1.82) is 0 Å². The Bertz CT molecular complexity index is 1230. The zero-order valence-electron chi connectivity index (χ0n) is 18.6. The molecule has 3 atom stereocenters. The summed E-state index contributed by atoms with van der Waals surface area (Å²) in [5, 5.41) is 4.11. The predicted molar refractivity (Wildman–Crippen MR) is 127 cm³/mol. The van der Waals surface area contributed by atoms with E-state index in [1.807, 2.05) is 81.7 Å². The van der Waals surface area contributed by atoms with E-state index in [0.29, 0.717) is 12.1 Å². The molecule has 1 N–H and O–H groups in total. The van der Waals surface area contributed by atoms with Gasteiger partial charge in [0.05, 0.1) is 22.8 Å². The molecule has 5 heteroatoms. The van der Waals surface area contributed by atoms with Crippen LogP contribution in [0.15, 0.2) is 78.4 Å². The molecular formula is C27H27N3O2. The molecule has 0 bridgehead atoms. The second-order valence-corrected chi connectivity index (χ2v) is 8.70. The Morgan fingerprint density at radius 2 is 1.88 bits per heavy atom. The maximum Gasteiger partial charge on any atom is 0.252 e. The second-order valence-electron chi connectivity index (χ2n) is 8.70. The molecule has 0 radical (unpaired) electrons. The Morgan fingerprint density at radius 1 is 1.12 bits per heavy atom. The Morgan fingerprint density at radius 3 is 2.66 bits per heavy atom. The van der Waals surface area contributed by atoms with Crippen LogP contribution in [0, 0.1) is 0 Å². The Balaban J connectivity index is 1.62. The van der Waals surface area contributed by atoms with Gasteiger partial charge in [0.25, 0.3) is 5.91 Å². The largest absolute Gasteiger partial charge is 0.360 e. The lowest BCUT2D eigenvalue weighted by Gasteiger charge is -2.22. The summed E-state index contributed by atoms with van der Waals surface area (Å²) in [6.07, 6.45) is 6.37. The second kappa shape index (κ2) is 8.34. The fourth-order valence-electron chi connectivity index (χ4n) is 4.47. The maximum absolute atomic E-state index is 13.8.